The number of carbonyl (C=O) groups is 1. The Hall–Kier alpha value is -1.59. The Balaban J connectivity index is 2.19. The molecule has 0 amide bonds. The van der Waals surface area contributed by atoms with E-state index in [0.29, 0.717) is 16.0 Å². The number of hydrogen-bond acceptors (Lipinski definition) is 3. The van der Waals surface area contributed by atoms with Crippen LogP contribution in [0.5, 0.6) is 0 Å². The average molecular weight is 407 g/mol. The lowest BCUT2D eigenvalue weighted by Gasteiger charge is -2.38. The molecule has 1 saturated heterocycles. The van der Waals surface area contributed by atoms with Crippen molar-refractivity contribution in [1.82, 2.24) is 5.32 Å². The monoisotopic (exact) mass is 406 g/mol. The molecule has 6 heteroatoms. The topological polar surface area (TPSA) is 75.3 Å². The lowest BCUT2D eigenvalue weighted by molar-refractivity contribution is -0.139. The lowest BCUT2D eigenvalue weighted by atomic mass is 9.70. The fourth-order valence-corrected chi connectivity index (χ4v) is 4.50. The zero-order valence-corrected chi connectivity index (χ0v) is 16.8. The van der Waals surface area contributed by atoms with Crippen LogP contribution in [0.25, 0.3) is 0 Å². The summed E-state index contributed by atoms with van der Waals surface area (Å²) < 4.78 is 0. The van der Waals surface area contributed by atoms with E-state index in [1.807, 2.05) is 24.3 Å². The predicted molar refractivity (Wildman–Crippen MR) is 109 cm³/mol. The number of rotatable bonds is 5. The second-order valence-corrected chi connectivity index (χ2v) is 8.51. The number of hydrogen-bond donors (Lipinski definition) is 3. The molecule has 1 fully saturated rings. The fraction of sp³-hybridized carbons (Fsp3) is 0.381. The molecule has 0 bridgehead atoms. The number of carboxylic acid groups (broad SMARTS) is 1. The minimum atomic E-state index is -0.921. The first-order valence-electron chi connectivity index (χ1n) is 9.02. The molecule has 2 aromatic carbocycles. The third kappa shape index (κ3) is 3.85. The molecular weight excluding hydrogens is 383 g/mol. The van der Waals surface area contributed by atoms with Gasteiger partial charge < -0.3 is 10.8 Å². The van der Waals surface area contributed by atoms with Crippen molar-refractivity contribution < 1.29 is 9.90 Å². The van der Waals surface area contributed by atoms with Gasteiger partial charge in [0.05, 0.1) is 5.54 Å². The fourth-order valence-electron chi connectivity index (χ4n) is 4.18. The van der Waals surface area contributed by atoms with Crippen LogP contribution in [0.15, 0.2) is 48.5 Å². The van der Waals surface area contributed by atoms with Crippen molar-refractivity contribution in [1.29, 1.82) is 0 Å². The molecule has 0 saturated carbocycles. The Labute approximate surface area is 169 Å². The van der Waals surface area contributed by atoms with Gasteiger partial charge in [-0.15, -0.1) is 0 Å². The van der Waals surface area contributed by atoms with Gasteiger partial charge in [0.25, 0.3) is 0 Å². The molecule has 0 aliphatic carbocycles. The summed E-state index contributed by atoms with van der Waals surface area (Å²) in [6.45, 7) is 4.21. The highest BCUT2D eigenvalue weighted by atomic mass is 35.5. The van der Waals surface area contributed by atoms with E-state index in [2.05, 4.69) is 19.2 Å². The van der Waals surface area contributed by atoms with Gasteiger partial charge in [0, 0.05) is 22.0 Å². The van der Waals surface area contributed by atoms with Crippen molar-refractivity contribution in [2.24, 2.45) is 11.7 Å². The first-order valence-corrected chi connectivity index (χ1v) is 9.78. The maximum atomic E-state index is 12.1. The summed E-state index contributed by atoms with van der Waals surface area (Å²) in [5, 5.41) is 14.4. The number of carboxylic acids is 1. The van der Waals surface area contributed by atoms with Crippen molar-refractivity contribution in [3.8, 4) is 0 Å². The van der Waals surface area contributed by atoms with Gasteiger partial charge in [0.1, 0.15) is 6.04 Å². The van der Waals surface area contributed by atoms with Gasteiger partial charge in [-0.2, -0.15) is 0 Å². The van der Waals surface area contributed by atoms with Crippen LogP contribution in [-0.2, 0) is 10.3 Å². The maximum absolute atomic E-state index is 12.1. The number of benzene rings is 2. The Bertz CT molecular complexity index is 825. The summed E-state index contributed by atoms with van der Waals surface area (Å²) in [7, 11) is 0. The summed E-state index contributed by atoms with van der Waals surface area (Å²) >= 11 is 12.3. The molecule has 1 aliphatic rings. The molecule has 0 unspecified atom stereocenters. The summed E-state index contributed by atoms with van der Waals surface area (Å²) in [6.07, 6.45) is 0.750. The summed E-state index contributed by atoms with van der Waals surface area (Å²) in [5.74, 6) is -1.04. The molecule has 0 spiro atoms. The molecule has 144 valence electrons. The van der Waals surface area contributed by atoms with Gasteiger partial charge in [-0.05, 0) is 47.7 Å². The summed E-state index contributed by atoms with van der Waals surface area (Å²) in [4.78, 5) is 12.1. The van der Waals surface area contributed by atoms with Crippen LogP contribution in [0.2, 0.25) is 10.0 Å². The normalized spacial score (nSPS) is 27.9. The van der Waals surface area contributed by atoms with Crippen LogP contribution in [0, 0.1) is 5.92 Å². The van der Waals surface area contributed by atoms with Crippen LogP contribution in [0.4, 0.5) is 0 Å². The second kappa shape index (κ2) is 7.80. The minimum absolute atomic E-state index is 0.205. The highest BCUT2D eigenvalue weighted by molar-refractivity contribution is 6.30. The highest BCUT2D eigenvalue weighted by Crippen LogP contribution is 2.47. The SMILES string of the molecule is CC(C)C[C@@H]1N[C@@H](C(=O)O)[C@H](c2cccc(Cl)c2)[C@@]1(N)c1ccc(Cl)cc1. The number of aliphatic carboxylic acids is 1. The standard InChI is InChI=1S/C21H24Cl2N2O2/c1-12(2)10-17-21(24,14-6-8-15(22)9-7-14)18(19(25-17)20(26)27)13-4-3-5-16(23)11-13/h3-9,11-12,17-19,25H,10,24H2,1-2H3,(H,26,27)/t17-,18-,19+,21+/m0/s1. The molecular formula is C21H24Cl2N2O2. The maximum Gasteiger partial charge on any atom is 0.321 e. The van der Waals surface area contributed by atoms with Crippen molar-refractivity contribution in [2.75, 3.05) is 0 Å². The van der Waals surface area contributed by atoms with E-state index in [4.69, 9.17) is 28.9 Å². The minimum Gasteiger partial charge on any atom is -0.480 e. The van der Waals surface area contributed by atoms with Crippen molar-refractivity contribution >= 4 is 29.2 Å². The Morgan fingerprint density at radius 3 is 2.41 bits per heavy atom. The number of nitrogens with one attached hydrogen (secondary N) is 1. The van der Waals surface area contributed by atoms with Gasteiger partial charge >= 0.3 is 5.97 Å². The number of nitrogens with two attached hydrogens (primary N) is 1. The van der Waals surface area contributed by atoms with Gasteiger partial charge in [-0.1, -0.05) is 61.3 Å². The van der Waals surface area contributed by atoms with Crippen molar-refractivity contribution in [3.63, 3.8) is 0 Å². The van der Waals surface area contributed by atoms with Gasteiger partial charge in [0.2, 0.25) is 0 Å². The molecule has 1 heterocycles. The Kier molecular flexibility index (Phi) is 5.82. The highest BCUT2D eigenvalue weighted by Gasteiger charge is 2.56. The lowest BCUT2D eigenvalue weighted by Crippen LogP contribution is -2.51. The molecule has 4 nitrogen and oxygen atoms in total. The van der Waals surface area contributed by atoms with Crippen LogP contribution in [-0.4, -0.2) is 23.2 Å². The number of halogens is 2. The first kappa shape index (κ1) is 20.2. The predicted octanol–water partition coefficient (Wildman–Crippen LogP) is 4.40. The van der Waals surface area contributed by atoms with Crippen LogP contribution in [0.1, 0.15) is 37.3 Å². The first-order chi connectivity index (χ1) is 12.7. The molecule has 4 atom stereocenters. The summed E-state index contributed by atoms with van der Waals surface area (Å²) in [6, 6.07) is 13.6. The molecule has 27 heavy (non-hydrogen) atoms. The van der Waals surface area contributed by atoms with E-state index >= 15 is 0 Å². The van der Waals surface area contributed by atoms with E-state index in [1.165, 1.54) is 0 Å². The molecule has 0 aromatic heterocycles. The van der Waals surface area contributed by atoms with E-state index in [-0.39, 0.29) is 6.04 Å². The van der Waals surface area contributed by atoms with Crippen molar-refractivity contribution in [2.45, 2.75) is 43.8 Å². The van der Waals surface area contributed by atoms with Crippen LogP contribution >= 0.6 is 23.2 Å². The van der Waals surface area contributed by atoms with E-state index in [9.17, 15) is 9.90 Å². The van der Waals surface area contributed by atoms with Gasteiger partial charge in [0.15, 0.2) is 0 Å². The quantitative estimate of drug-likeness (QED) is 0.687. The summed E-state index contributed by atoms with van der Waals surface area (Å²) in [5.41, 5.74) is 7.82. The van der Waals surface area contributed by atoms with Crippen LogP contribution in [0.3, 0.4) is 0 Å². The van der Waals surface area contributed by atoms with Gasteiger partial charge in [-0.25, -0.2) is 0 Å². The molecule has 0 radical (unpaired) electrons. The van der Waals surface area contributed by atoms with Gasteiger partial charge in [-0.3, -0.25) is 10.1 Å². The molecule has 2 aromatic rings. The van der Waals surface area contributed by atoms with Crippen molar-refractivity contribution in [3.05, 3.63) is 69.7 Å². The average Bonchev–Trinajstić information content (AvgIpc) is 2.89. The van der Waals surface area contributed by atoms with E-state index in [0.717, 1.165) is 17.5 Å². The Morgan fingerprint density at radius 1 is 1.19 bits per heavy atom. The second-order valence-electron chi connectivity index (χ2n) is 7.64. The Morgan fingerprint density at radius 2 is 1.85 bits per heavy atom. The molecule has 1 aliphatic heterocycles. The third-order valence-electron chi connectivity index (χ3n) is 5.33. The van der Waals surface area contributed by atoms with Crippen LogP contribution < -0.4 is 11.1 Å². The smallest absolute Gasteiger partial charge is 0.321 e. The molecule has 3 rings (SSSR count). The zero-order chi connectivity index (χ0) is 19.8. The largest absolute Gasteiger partial charge is 0.480 e. The third-order valence-corrected chi connectivity index (χ3v) is 5.82. The van der Waals surface area contributed by atoms with E-state index < -0.39 is 23.5 Å². The van der Waals surface area contributed by atoms with E-state index in [1.54, 1.807) is 24.3 Å². The molecule has 4 N–H and O–H groups in total. The zero-order valence-electron chi connectivity index (χ0n) is 15.3.